The van der Waals surface area contributed by atoms with Gasteiger partial charge in [-0.1, -0.05) is 12.1 Å². The van der Waals surface area contributed by atoms with Crippen molar-refractivity contribution < 1.29 is 9.47 Å². The van der Waals surface area contributed by atoms with Crippen LogP contribution in [0.2, 0.25) is 0 Å². The minimum Gasteiger partial charge on any atom is -0.501 e. The van der Waals surface area contributed by atoms with E-state index in [1.54, 1.807) is 7.11 Å². The van der Waals surface area contributed by atoms with Crippen molar-refractivity contribution in [2.45, 2.75) is 25.8 Å². The summed E-state index contributed by atoms with van der Waals surface area (Å²) in [5, 5.41) is 0. The first-order valence-electron chi connectivity index (χ1n) is 6.17. The fourth-order valence-corrected chi connectivity index (χ4v) is 2.30. The maximum absolute atomic E-state index is 5.68. The summed E-state index contributed by atoms with van der Waals surface area (Å²) < 4.78 is 10.6. The summed E-state index contributed by atoms with van der Waals surface area (Å²) in [4.78, 5) is 0. The lowest BCUT2D eigenvalue weighted by Crippen LogP contribution is -2.30. The Bertz CT molecular complexity index is 443. The number of ether oxygens (including phenoxy) is 2. The van der Waals surface area contributed by atoms with E-state index in [1.807, 2.05) is 25.3 Å². The van der Waals surface area contributed by atoms with Crippen molar-refractivity contribution in [2.24, 2.45) is 5.84 Å². The van der Waals surface area contributed by atoms with Crippen LogP contribution in [0.15, 0.2) is 30.0 Å². The second-order valence-electron chi connectivity index (χ2n) is 4.50. The fourth-order valence-electron chi connectivity index (χ4n) is 2.30. The molecule has 0 aliphatic carbocycles. The lowest BCUT2D eigenvalue weighted by molar-refractivity contribution is 0.219. The zero-order valence-electron chi connectivity index (χ0n) is 10.9. The molecule has 0 aromatic heterocycles. The van der Waals surface area contributed by atoms with Crippen molar-refractivity contribution in [3.63, 3.8) is 0 Å². The van der Waals surface area contributed by atoms with Gasteiger partial charge in [0.2, 0.25) is 0 Å². The molecule has 4 heteroatoms. The quantitative estimate of drug-likeness (QED) is 0.633. The normalized spacial score (nSPS) is 16.7. The number of benzene rings is 1. The Kier molecular flexibility index (Phi) is 4.23. The van der Waals surface area contributed by atoms with E-state index in [9.17, 15) is 0 Å². The molecule has 0 spiro atoms. The first-order valence-corrected chi connectivity index (χ1v) is 6.17. The van der Waals surface area contributed by atoms with Crippen molar-refractivity contribution in [2.75, 3.05) is 13.7 Å². The van der Waals surface area contributed by atoms with Crippen LogP contribution in [0.25, 0.3) is 0 Å². The number of nitrogens with one attached hydrogen (secondary N) is 1. The van der Waals surface area contributed by atoms with Crippen molar-refractivity contribution >= 4 is 0 Å². The molecule has 1 atom stereocenters. The minimum atomic E-state index is 0.00917. The van der Waals surface area contributed by atoms with Gasteiger partial charge in [0.15, 0.2) is 0 Å². The van der Waals surface area contributed by atoms with Gasteiger partial charge in [-0.05, 0) is 42.5 Å². The van der Waals surface area contributed by atoms with E-state index >= 15 is 0 Å². The van der Waals surface area contributed by atoms with Crippen molar-refractivity contribution in [3.05, 3.63) is 41.2 Å². The standard InChI is InChI=1S/C14H20N2O2/c1-10-8-11(5-6-13(10)17-2)14(16-15)12-4-3-7-18-9-12/h5-6,8-9,14,16H,3-4,7,15H2,1-2H3. The minimum absolute atomic E-state index is 0.00917. The molecular formula is C14H20N2O2. The summed E-state index contributed by atoms with van der Waals surface area (Å²) in [5.74, 6) is 6.57. The van der Waals surface area contributed by atoms with Crippen LogP contribution in [-0.4, -0.2) is 13.7 Å². The predicted octanol–water partition coefficient (Wildman–Crippen LogP) is 2.20. The second-order valence-corrected chi connectivity index (χ2v) is 4.50. The highest BCUT2D eigenvalue weighted by Gasteiger charge is 2.18. The maximum Gasteiger partial charge on any atom is 0.121 e. The van der Waals surface area contributed by atoms with Crippen LogP contribution in [0, 0.1) is 6.92 Å². The van der Waals surface area contributed by atoms with E-state index in [1.165, 1.54) is 5.57 Å². The Morgan fingerprint density at radius 1 is 1.44 bits per heavy atom. The Balaban J connectivity index is 2.27. The Morgan fingerprint density at radius 3 is 2.83 bits per heavy atom. The Morgan fingerprint density at radius 2 is 2.28 bits per heavy atom. The van der Waals surface area contributed by atoms with Gasteiger partial charge in [-0.3, -0.25) is 5.84 Å². The molecule has 4 nitrogen and oxygen atoms in total. The average molecular weight is 248 g/mol. The van der Waals surface area contributed by atoms with E-state index in [2.05, 4.69) is 11.5 Å². The van der Waals surface area contributed by atoms with Crippen LogP contribution in [0.4, 0.5) is 0 Å². The molecule has 1 unspecified atom stereocenters. The SMILES string of the molecule is COc1ccc(C(NN)C2=COCCC2)cc1C. The van der Waals surface area contributed by atoms with Crippen LogP contribution in [0.1, 0.15) is 30.0 Å². The topological polar surface area (TPSA) is 56.5 Å². The molecule has 1 aliphatic heterocycles. The Hall–Kier alpha value is -1.52. The summed E-state index contributed by atoms with van der Waals surface area (Å²) in [6, 6.07) is 6.11. The zero-order chi connectivity index (χ0) is 13.0. The van der Waals surface area contributed by atoms with Gasteiger partial charge >= 0.3 is 0 Å². The van der Waals surface area contributed by atoms with Crippen molar-refractivity contribution in [1.29, 1.82) is 0 Å². The molecule has 0 saturated heterocycles. The van der Waals surface area contributed by atoms with E-state index in [0.29, 0.717) is 0 Å². The molecule has 3 N–H and O–H groups in total. The molecule has 98 valence electrons. The van der Waals surface area contributed by atoms with Crippen LogP contribution in [-0.2, 0) is 4.74 Å². The number of methoxy groups -OCH3 is 1. The summed E-state index contributed by atoms with van der Waals surface area (Å²) in [6.07, 6.45) is 3.88. The van der Waals surface area contributed by atoms with Gasteiger partial charge in [0, 0.05) is 0 Å². The molecule has 0 radical (unpaired) electrons. The highest BCUT2D eigenvalue weighted by atomic mass is 16.5. The van der Waals surface area contributed by atoms with Gasteiger partial charge in [0.05, 0.1) is 26.0 Å². The van der Waals surface area contributed by atoms with Gasteiger partial charge in [0.1, 0.15) is 5.75 Å². The van der Waals surface area contributed by atoms with Crippen LogP contribution < -0.4 is 16.0 Å². The second kappa shape index (κ2) is 5.89. The summed E-state index contributed by atoms with van der Waals surface area (Å²) in [6.45, 7) is 2.82. The number of hydrazine groups is 1. The Labute approximate surface area is 108 Å². The number of aryl methyl sites for hydroxylation is 1. The molecular weight excluding hydrogens is 228 g/mol. The maximum atomic E-state index is 5.68. The highest BCUT2D eigenvalue weighted by Crippen LogP contribution is 2.29. The van der Waals surface area contributed by atoms with Crippen molar-refractivity contribution in [3.8, 4) is 5.75 Å². The number of nitrogens with two attached hydrogens (primary N) is 1. The average Bonchev–Trinajstić information content (AvgIpc) is 2.41. The zero-order valence-corrected chi connectivity index (χ0v) is 10.9. The van der Waals surface area contributed by atoms with Crippen LogP contribution in [0.3, 0.4) is 0 Å². The summed E-state index contributed by atoms with van der Waals surface area (Å²) in [5.41, 5.74) is 6.29. The van der Waals surface area contributed by atoms with Crippen molar-refractivity contribution in [1.82, 2.24) is 5.43 Å². The molecule has 1 aliphatic rings. The number of hydrogen-bond acceptors (Lipinski definition) is 4. The third-order valence-electron chi connectivity index (χ3n) is 3.25. The third kappa shape index (κ3) is 2.66. The molecule has 2 rings (SSSR count). The largest absolute Gasteiger partial charge is 0.501 e. The molecule has 1 aromatic rings. The lowest BCUT2D eigenvalue weighted by atomic mass is 9.94. The van der Waals surface area contributed by atoms with E-state index in [-0.39, 0.29) is 6.04 Å². The molecule has 1 heterocycles. The molecule has 18 heavy (non-hydrogen) atoms. The van der Waals surface area contributed by atoms with E-state index in [4.69, 9.17) is 15.3 Å². The highest BCUT2D eigenvalue weighted by molar-refractivity contribution is 5.39. The van der Waals surface area contributed by atoms with Gasteiger partial charge in [-0.2, -0.15) is 0 Å². The first kappa shape index (κ1) is 12.9. The van der Waals surface area contributed by atoms with Crippen LogP contribution >= 0.6 is 0 Å². The molecule has 1 aromatic carbocycles. The van der Waals surface area contributed by atoms with Gasteiger partial charge in [-0.25, -0.2) is 5.43 Å². The predicted molar refractivity (Wildman–Crippen MR) is 71.1 cm³/mol. The smallest absolute Gasteiger partial charge is 0.121 e. The van der Waals surface area contributed by atoms with Gasteiger partial charge < -0.3 is 9.47 Å². The number of rotatable bonds is 4. The van der Waals surface area contributed by atoms with E-state index < -0.39 is 0 Å². The van der Waals surface area contributed by atoms with Crippen LogP contribution in [0.5, 0.6) is 5.75 Å². The molecule has 0 saturated carbocycles. The fraction of sp³-hybridized carbons (Fsp3) is 0.429. The molecule has 0 amide bonds. The summed E-state index contributed by atoms with van der Waals surface area (Å²) >= 11 is 0. The third-order valence-corrected chi connectivity index (χ3v) is 3.25. The van der Waals surface area contributed by atoms with Gasteiger partial charge in [-0.15, -0.1) is 0 Å². The lowest BCUT2D eigenvalue weighted by Gasteiger charge is -2.23. The van der Waals surface area contributed by atoms with E-state index in [0.717, 1.165) is 36.3 Å². The van der Waals surface area contributed by atoms with Gasteiger partial charge in [0.25, 0.3) is 0 Å². The molecule has 0 bridgehead atoms. The number of hydrogen-bond donors (Lipinski definition) is 2. The monoisotopic (exact) mass is 248 g/mol. The molecule has 0 fully saturated rings. The summed E-state index contributed by atoms with van der Waals surface area (Å²) in [7, 11) is 1.68. The first-order chi connectivity index (χ1) is 8.76.